The Morgan fingerprint density at radius 2 is 0.639 bits per heavy atom. The molecule has 6 nitrogen and oxygen atoms in total. The van der Waals surface area contributed by atoms with Crippen LogP contribution in [-0.2, 0) is 28.6 Å². The van der Waals surface area contributed by atoms with E-state index >= 15 is 0 Å². The third-order valence-corrected chi connectivity index (χ3v) is 11.2. The highest BCUT2D eigenvalue weighted by Gasteiger charge is 2.19. The van der Waals surface area contributed by atoms with Crippen LogP contribution >= 0.6 is 0 Å². The molecule has 0 aromatic carbocycles. The average molecular weight is 853 g/mol. The van der Waals surface area contributed by atoms with E-state index in [2.05, 4.69) is 32.9 Å². The van der Waals surface area contributed by atoms with Crippen molar-refractivity contribution >= 4 is 17.9 Å². The van der Waals surface area contributed by atoms with Crippen molar-refractivity contribution in [2.45, 2.75) is 258 Å². The molecular weight excluding hydrogens is 757 g/mol. The first-order valence-electron chi connectivity index (χ1n) is 25.9. The van der Waals surface area contributed by atoms with Gasteiger partial charge in [-0.1, -0.05) is 255 Å². The fraction of sp³-hybridized carbons (Fsp3) is 0.764. The molecule has 0 rings (SSSR count). The number of allylic oxidation sites excluding steroid dienone is 10. The molecule has 0 aromatic heterocycles. The maximum atomic E-state index is 12.8. The van der Waals surface area contributed by atoms with E-state index in [1.165, 1.54) is 141 Å². The number of unbranched alkanes of at least 4 members (excludes halogenated alkanes) is 29. The molecule has 0 amide bonds. The zero-order valence-electron chi connectivity index (χ0n) is 40.2. The molecule has 0 saturated heterocycles. The van der Waals surface area contributed by atoms with Crippen LogP contribution in [0.3, 0.4) is 0 Å². The molecule has 0 bridgehead atoms. The van der Waals surface area contributed by atoms with Crippen molar-refractivity contribution in [2.75, 3.05) is 13.2 Å². The summed E-state index contributed by atoms with van der Waals surface area (Å²) in [7, 11) is 0. The Labute approximate surface area is 377 Å². The average Bonchev–Trinajstić information content (AvgIpc) is 3.26. The smallest absolute Gasteiger partial charge is 0.306 e. The van der Waals surface area contributed by atoms with E-state index < -0.39 is 6.10 Å². The molecule has 6 heteroatoms. The quantitative estimate of drug-likeness (QED) is 0.0263. The number of carbonyl (C=O) groups excluding carboxylic acids is 3. The molecule has 0 N–H and O–H groups in total. The SMILES string of the molecule is CC\C=C/C=C\C=C/C=C\C=C/CCCCCC(=O)OCC(COC(=O)CCCCCCCCCCCCCCC)OC(=O)CCCCCCCCCCCCCCCCC. The Kier molecular flexibility index (Phi) is 47.4. The van der Waals surface area contributed by atoms with Crippen LogP contribution in [0.1, 0.15) is 252 Å². The van der Waals surface area contributed by atoms with Crippen molar-refractivity contribution in [2.24, 2.45) is 0 Å². The zero-order valence-corrected chi connectivity index (χ0v) is 40.2. The van der Waals surface area contributed by atoms with E-state index in [9.17, 15) is 14.4 Å². The number of esters is 3. The fourth-order valence-corrected chi connectivity index (χ4v) is 7.29. The van der Waals surface area contributed by atoms with Gasteiger partial charge < -0.3 is 14.2 Å². The predicted octanol–water partition coefficient (Wildman–Crippen LogP) is 16.9. The second-order valence-electron chi connectivity index (χ2n) is 17.2. The minimum absolute atomic E-state index is 0.0846. The lowest BCUT2D eigenvalue weighted by Gasteiger charge is -2.18. The molecule has 0 aliphatic carbocycles. The van der Waals surface area contributed by atoms with Crippen LogP contribution < -0.4 is 0 Å². The molecule has 0 spiro atoms. The van der Waals surface area contributed by atoms with Crippen LogP contribution in [-0.4, -0.2) is 37.2 Å². The standard InChI is InChI=1S/C55H96O6/c1-4-7-10-13-16-19-22-25-27-30-33-36-39-42-45-48-54(57)60-51-52(50-59-53(56)47-44-41-38-35-32-29-24-21-18-15-12-9-6-3)61-55(58)49-46-43-40-37-34-31-28-26-23-20-17-14-11-8-5-2/h7,10,13,16,19,22,25,27,30,33,52H,4-6,8-9,11-12,14-15,17-18,20-21,23-24,26,28-29,31-32,34-51H2,1-3H3/b10-7-,16-13-,22-19-,27-25-,33-30-. The van der Waals surface area contributed by atoms with Crippen molar-refractivity contribution in [1.82, 2.24) is 0 Å². The van der Waals surface area contributed by atoms with Gasteiger partial charge in [0.05, 0.1) is 0 Å². The zero-order chi connectivity index (χ0) is 44.4. The van der Waals surface area contributed by atoms with Gasteiger partial charge in [0.25, 0.3) is 0 Å². The lowest BCUT2D eigenvalue weighted by molar-refractivity contribution is -0.167. The number of hydrogen-bond acceptors (Lipinski definition) is 6. The van der Waals surface area contributed by atoms with E-state index in [-0.39, 0.29) is 31.1 Å². The molecule has 0 aromatic rings. The summed E-state index contributed by atoms with van der Waals surface area (Å²) in [5.41, 5.74) is 0. The van der Waals surface area contributed by atoms with Crippen molar-refractivity contribution in [3.63, 3.8) is 0 Å². The van der Waals surface area contributed by atoms with E-state index in [4.69, 9.17) is 14.2 Å². The summed E-state index contributed by atoms with van der Waals surface area (Å²) in [5, 5.41) is 0. The highest BCUT2D eigenvalue weighted by molar-refractivity contribution is 5.71. The highest BCUT2D eigenvalue weighted by atomic mass is 16.6. The number of rotatable bonds is 46. The molecule has 0 saturated carbocycles. The van der Waals surface area contributed by atoms with Crippen LogP contribution in [0.4, 0.5) is 0 Å². The minimum atomic E-state index is -0.787. The van der Waals surface area contributed by atoms with E-state index in [0.717, 1.165) is 70.6 Å². The molecular formula is C55H96O6. The van der Waals surface area contributed by atoms with Gasteiger partial charge in [-0.3, -0.25) is 14.4 Å². The summed E-state index contributed by atoms with van der Waals surface area (Å²) < 4.78 is 16.8. The summed E-state index contributed by atoms with van der Waals surface area (Å²) in [5.74, 6) is -0.920. The molecule has 0 heterocycles. The van der Waals surface area contributed by atoms with Gasteiger partial charge in [0.1, 0.15) is 13.2 Å². The third-order valence-electron chi connectivity index (χ3n) is 11.2. The van der Waals surface area contributed by atoms with Crippen LogP contribution in [0.25, 0.3) is 0 Å². The largest absolute Gasteiger partial charge is 0.462 e. The van der Waals surface area contributed by atoms with Gasteiger partial charge in [-0.2, -0.15) is 0 Å². The lowest BCUT2D eigenvalue weighted by Crippen LogP contribution is -2.30. The predicted molar refractivity (Wildman–Crippen MR) is 261 cm³/mol. The third kappa shape index (κ3) is 48.0. The van der Waals surface area contributed by atoms with Crippen LogP contribution in [0.5, 0.6) is 0 Å². The molecule has 1 unspecified atom stereocenters. The van der Waals surface area contributed by atoms with Gasteiger partial charge in [0, 0.05) is 19.3 Å². The Hall–Kier alpha value is -2.89. The molecule has 0 radical (unpaired) electrons. The van der Waals surface area contributed by atoms with Crippen LogP contribution in [0.2, 0.25) is 0 Å². The maximum Gasteiger partial charge on any atom is 0.306 e. The van der Waals surface area contributed by atoms with Gasteiger partial charge in [-0.05, 0) is 38.5 Å². The summed E-state index contributed by atoms with van der Waals surface area (Å²) in [6.45, 7) is 6.47. The normalized spacial score (nSPS) is 12.5. The Bertz CT molecular complexity index is 1120. The summed E-state index contributed by atoms with van der Waals surface area (Å²) in [4.78, 5) is 38.0. The van der Waals surface area contributed by atoms with Crippen molar-refractivity contribution in [3.8, 4) is 0 Å². The molecule has 352 valence electrons. The topological polar surface area (TPSA) is 78.9 Å². The highest BCUT2D eigenvalue weighted by Crippen LogP contribution is 2.16. The monoisotopic (exact) mass is 853 g/mol. The van der Waals surface area contributed by atoms with Crippen LogP contribution in [0.15, 0.2) is 60.8 Å². The van der Waals surface area contributed by atoms with Gasteiger partial charge >= 0.3 is 17.9 Å². The van der Waals surface area contributed by atoms with Gasteiger partial charge in [0.15, 0.2) is 6.10 Å². The first-order valence-corrected chi connectivity index (χ1v) is 25.9. The first kappa shape index (κ1) is 58.1. The molecule has 0 fully saturated rings. The van der Waals surface area contributed by atoms with E-state index in [1.807, 2.05) is 48.6 Å². The molecule has 0 aliphatic heterocycles. The number of ether oxygens (including phenoxy) is 3. The fourth-order valence-electron chi connectivity index (χ4n) is 7.29. The van der Waals surface area contributed by atoms with Crippen molar-refractivity contribution in [1.29, 1.82) is 0 Å². The first-order chi connectivity index (χ1) is 30.0. The lowest BCUT2D eigenvalue weighted by atomic mass is 10.0. The second kappa shape index (κ2) is 49.8. The number of hydrogen-bond donors (Lipinski definition) is 0. The summed E-state index contributed by atoms with van der Waals surface area (Å²) in [6.07, 6.45) is 60.6. The number of carbonyl (C=O) groups is 3. The summed E-state index contributed by atoms with van der Waals surface area (Å²) >= 11 is 0. The van der Waals surface area contributed by atoms with Gasteiger partial charge in [-0.25, -0.2) is 0 Å². The maximum absolute atomic E-state index is 12.8. The van der Waals surface area contributed by atoms with Crippen molar-refractivity contribution in [3.05, 3.63) is 60.8 Å². The minimum Gasteiger partial charge on any atom is -0.462 e. The Balaban J connectivity index is 4.43. The van der Waals surface area contributed by atoms with Crippen molar-refractivity contribution < 1.29 is 28.6 Å². The van der Waals surface area contributed by atoms with Gasteiger partial charge in [0.2, 0.25) is 0 Å². The summed E-state index contributed by atoms with van der Waals surface area (Å²) in [6, 6.07) is 0. The van der Waals surface area contributed by atoms with Crippen LogP contribution in [0, 0.1) is 0 Å². The molecule has 1 atom stereocenters. The molecule has 61 heavy (non-hydrogen) atoms. The van der Waals surface area contributed by atoms with E-state index in [1.54, 1.807) is 0 Å². The Morgan fingerprint density at radius 1 is 0.344 bits per heavy atom. The molecule has 0 aliphatic rings. The Morgan fingerprint density at radius 3 is 1.00 bits per heavy atom. The van der Waals surface area contributed by atoms with E-state index in [0.29, 0.717) is 19.3 Å². The van der Waals surface area contributed by atoms with Gasteiger partial charge in [-0.15, -0.1) is 0 Å². The second-order valence-corrected chi connectivity index (χ2v) is 17.2.